The van der Waals surface area contributed by atoms with Gasteiger partial charge in [-0.3, -0.25) is 38.4 Å². The standard InChI is InChI=1S/C53H74N8O10/c1-31(2)25-39(45(64)30-46(65)56-41(26-32(3)4)49(67)58-40(48(54)66)27-35-15-10-8-11-16-35)57-52(70)47(33(5)6)60-50(68)42(28-36-17-12-9-13-18-36)59-51(69)44-19-14-24-61(44)53(71)43(55-34(7)62)29-37-20-22-38(63)23-21-37/h8-13,15-18,20-23,31-33,39-45,47,63-64H,14,19,24-30H2,1-7H3,(H2,54,66)(H,55,62)(H,56,65)(H,57,70)(H,58,67)(H,59,69)(H,60,68)/t39-,40-,41-,42-,43-,44-,45-,47-/m0/s1. The van der Waals surface area contributed by atoms with Crippen LogP contribution in [-0.4, -0.2) is 117 Å². The molecule has 0 aromatic heterocycles. The number of hydrogen-bond acceptors (Lipinski definition) is 10. The van der Waals surface area contributed by atoms with Crippen LogP contribution in [0.1, 0.15) is 97.3 Å². The number of primary amides is 1. The lowest BCUT2D eigenvalue weighted by molar-refractivity contribution is -0.142. The Morgan fingerprint density at radius 2 is 1.15 bits per heavy atom. The van der Waals surface area contributed by atoms with E-state index in [0.29, 0.717) is 24.0 Å². The summed E-state index contributed by atoms with van der Waals surface area (Å²) in [5, 5.41) is 37.9. The SMILES string of the molecule is CC(=O)N[C@@H](Cc1ccc(O)cc1)C(=O)N1CCC[C@H]1C(=O)N[C@@H](Cc1ccccc1)C(=O)N[C@H](C(=O)N[C@@H](CC(C)C)[C@@H](O)CC(=O)N[C@@H](CC(C)C)C(=O)N[C@@H](Cc1ccccc1)C(N)=O)C(C)C. The maximum atomic E-state index is 14.3. The van der Waals surface area contributed by atoms with E-state index in [4.69, 9.17) is 5.73 Å². The predicted molar refractivity (Wildman–Crippen MR) is 268 cm³/mol. The van der Waals surface area contributed by atoms with Gasteiger partial charge in [-0.25, -0.2) is 0 Å². The number of rotatable bonds is 26. The molecule has 10 N–H and O–H groups in total. The largest absolute Gasteiger partial charge is 0.508 e. The summed E-state index contributed by atoms with van der Waals surface area (Å²) < 4.78 is 0. The number of benzene rings is 3. The summed E-state index contributed by atoms with van der Waals surface area (Å²) in [5.74, 6) is -5.39. The summed E-state index contributed by atoms with van der Waals surface area (Å²) in [6.45, 7) is 12.5. The van der Waals surface area contributed by atoms with E-state index < -0.39 is 108 Å². The second-order valence-electron chi connectivity index (χ2n) is 19.7. The number of aliphatic hydroxyl groups excluding tert-OH is 1. The summed E-state index contributed by atoms with van der Waals surface area (Å²) in [5.41, 5.74) is 7.82. The van der Waals surface area contributed by atoms with Crippen LogP contribution in [0.5, 0.6) is 5.75 Å². The lowest BCUT2D eigenvalue weighted by Gasteiger charge is -2.31. The van der Waals surface area contributed by atoms with Gasteiger partial charge in [-0.15, -0.1) is 0 Å². The second-order valence-corrected chi connectivity index (χ2v) is 19.7. The van der Waals surface area contributed by atoms with E-state index in [1.165, 1.54) is 24.0 Å². The average molecular weight is 983 g/mol. The van der Waals surface area contributed by atoms with Gasteiger partial charge in [-0.05, 0) is 72.3 Å². The van der Waals surface area contributed by atoms with E-state index in [1.54, 1.807) is 74.5 Å². The van der Waals surface area contributed by atoms with Gasteiger partial charge in [0.15, 0.2) is 0 Å². The van der Waals surface area contributed by atoms with E-state index in [1.807, 2.05) is 39.8 Å². The molecule has 1 saturated heterocycles. The van der Waals surface area contributed by atoms with Crippen LogP contribution in [0.25, 0.3) is 0 Å². The zero-order valence-corrected chi connectivity index (χ0v) is 42.0. The highest BCUT2D eigenvalue weighted by Gasteiger charge is 2.40. The molecule has 71 heavy (non-hydrogen) atoms. The molecule has 1 heterocycles. The highest BCUT2D eigenvalue weighted by atomic mass is 16.3. The minimum atomic E-state index is -1.42. The van der Waals surface area contributed by atoms with E-state index >= 15 is 0 Å². The molecule has 0 saturated carbocycles. The summed E-state index contributed by atoms with van der Waals surface area (Å²) in [4.78, 5) is 110. The van der Waals surface area contributed by atoms with Crippen molar-refractivity contribution < 1.29 is 48.6 Å². The molecule has 0 bridgehead atoms. The first-order chi connectivity index (χ1) is 33.6. The molecule has 18 nitrogen and oxygen atoms in total. The fourth-order valence-electron chi connectivity index (χ4n) is 8.66. The van der Waals surface area contributed by atoms with Gasteiger partial charge in [0.2, 0.25) is 47.3 Å². The van der Waals surface area contributed by atoms with Crippen LogP contribution >= 0.6 is 0 Å². The number of aliphatic hydroxyl groups is 1. The van der Waals surface area contributed by atoms with Gasteiger partial charge in [0.1, 0.15) is 42.0 Å². The number of aromatic hydroxyl groups is 1. The van der Waals surface area contributed by atoms with Gasteiger partial charge in [0.05, 0.1) is 18.6 Å². The van der Waals surface area contributed by atoms with Gasteiger partial charge in [-0.2, -0.15) is 0 Å². The molecule has 3 aromatic rings. The Morgan fingerprint density at radius 1 is 0.620 bits per heavy atom. The molecule has 0 spiro atoms. The van der Waals surface area contributed by atoms with Crippen molar-refractivity contribution in [3.8, 4) is 5.75 Å². The molecule has 8 amide bonds. The number of carbonyl (C=O) groups is 8. The molecule has 4 rings (SSSR count). The van der Waals surface area contributed by atoms with Crippen LogP contribution in [0, 0.1) is 17.8 Å². The number of nitrogens with one attached hydrogen (secondary N) is 6. The summed E-state index contributed by atoms with van der Waals surface area (Å²) in [6.07, 6.45) is -0.359. The van der Waals surface area contributed by atoms with E-state index in [-0.39, 0.29) is 56.2 Å². The molecule has 18 heteroatoms. The number of carbonyl (C=O) groups excluding carboxylic acids is 8. The maximum Gasteiger partial charge on any atom is 0.246 e. The molecule has 0 aliphatic carbocycles. The second kappa shape index (κ2) is 27.5. The Balaban J connectivity index is 1.48. The Labute approximate surface area is 417 Å². The average Bonchev–Trinajstić information content (AvgIpc) is 3.80. The van der Waals surface area contributed by atoms with Crippen LogP contribution in [0.3, 0.4) is 0 Å². The molecule has 8 atom stereocenters. The first kappa shape index (κ1) is 56.8. The van der Waals surface area contributed by atoms with Crippen molar-refractivity contribution in [2.45, 2.75) is 148 Å². The molecule has 386 valence electrons. The molecular formula is C53H74N8O10. The number of phenols is 1. The number of nitrogens with two attached hydrogens (primary N) is 1. The third-order valence-corrected chi connectivity index (χ3v) is 12.3. The molecule has 1 aliphatic rings. The number of phenolic OH excluding ortho intramolecular Hbond substituents is 1. The third-order valence-electron chi connectivity index (χ3n) is 12.3. The van der Waals surface area contributed by atoms with Gasteiger partial charge in [0.25, 0.3) is 0 Å². The fraction of sp³-hybridized carbons (Fsp3) is 0.509. The highest BCUT2D eigenvalue weighted by molar-refractivity contribution is 5.96. The van der Waals surface area contributed by atoms with Crippen molar-refractivity contribution in [2.24, 2.45) is 23.5 Å². The molecule has 3 aromatic carbocycles. The normalized spacial score (nSPS) is 16.4. The highest BCUT2D eigenvalue weighted by Crippen LogP contribution is 2.22. The number of nitrogens with zero attached hydrogens (tertiary/aromatic N) is 1. The maximum absolute atomic E-state index is 14.3. The fourth-order valence-corrected chi connectivity index (χ4v) is 8.66. The lowest BCUT2D eigenvalue weighted by Crippen LogP contribution is -2.60. The minimum Gasteiger partial charge on any atom is -0.508 e. The monoisotopic (exact) mass is 983 g/mol. The Morgan fingerprint density at radius 3 is 1.69 bits per heavy atom. The Bertz CT molecular complexity index is 2260. The van der Waals surface area contributed by atoms with Gasteiger partial charge >= 0.3 is 0 Å². The smallest absolute Gasteiger partial charge is 0.246 e. The van der Waals surface area contributed by atoms with Crippen molar-refractivity contribution in [3.05, 3.63) is 102 Å². The van der Waals surface area contributed by atoms with Gasteiger partial charge < -0.3 is 52.7 Å². The Kier molecular flexibility index (Phi) is 22.0. The van der Waals surface area contributed by atoms with Gasteiger partial charge in [-0.1, -0.05) is 114 Å². The van der Waals surface area contributed by atoms with Crippen molar-refractivity contribution in [3.63, 3.8) is 0 Å². The summed E-state index contributed by atoms with van der Waals surface area (Å²) >= 11 is 0. The minimum absolute atomic E-state index is 0.0384. The van der Waals surface area contributed by atoms with Crippen molar-refractivity contribution in [1.29, 1.82) is 0 Å². The van der Waals surface area contributed by atoms with E-state index in [2.05, 4.69) is 31.9 Å². The number of amides is 8. The quantitative estimate of drug-likeness (QED) is 0.0566. The predicted octanol–water partition coefficient (Wildman–Crippen LogP) is 2.32. The van der Waals surface area contributed by atoms with Crippen molar-refractivity contribution in [1.82, 2.24) is 36.8 Å². The van der Waals surface area contributed by atoms with Crippen LogP contribution < -0.4 is 37.6 Å². The number of hydrogen-bond donors (Lipinski definition) is 9. The topological polar surface area (TPSA) is 278 Å². The first-order valence-corrected chi connectivity index (χ1v) is 24.5. The molecule has 0 unspecified atom stereocenters. The zero-order valence-electron chi connectivity index (χ0n) is 42.0. The van der Waals surface area contributed by atoms with Crippen LogP contribution in [0.15, 0.2) is 84.9 Å². The molecule has 1 fully saturated rings. The lowest BCUT2D eigenvalue weighted by atomic mass is 9.95. The van der Waals surface area contributed by atoms with Crippen LogP contribution in [0.2, 0.25) is 0 Å². The number of likely N-dealkylation sites (tertiary alicyclic amines) is 1. The Hall–Kier alpha value is -6.82. The van der Waals surface area contributed by atoms with E-state index in [9.17, 15) is 48.6 Å². The van der Waals surface area contributed by atoms with Gasteiger partial charge in [0, 0.05) is 32.7 Å². The summed E-state index contributed by atoms with van der Waals surface area (Å²) in [7, 11) is 0. The van der Waals surface area contributed by atoms with Crippen molar-refractivity contribution >= 4 is 47.3 Å². The first-order valence-electron chi connectivity index (χ1n) is 24.5. The zero-order chi connectivity index (χ0) is 52.4. The third kappa shape index (κ3) is 18.5. The summed E-state index contributed by atoms with van der Waals surface area (Å²) in [6, 6.07) is 16.8. The van der Waals surface area contributed by atoms with Crippen LogP contribution in [0.4, 0.5) is 0 Å². The molecule has 1 aliphatic heterocycles. The van der Waals surface area contributed by atoms with Crippen molar-refractivity contribution in [2.75, 3.05) is 6.54 Å². The van der Waals surface area contributed by atoms with E-state index in [0.717, 1.165) is 5.56 Å². The molecular weight excluding hydrogens is 909 g/mol. The van der Waals surface area contributed by atoms with Crippen LogP contribution in [-0.2, 0) is 57.6 Å². The molecule has 0 radical (unpaired) electrons.